The van der Waals surface area contributed by atoms with E-state index in [1.165, 1.54) is 23.3 Å². The molecule has 3 atom stereocenters. The number of likely N-dealkylation sites (N-methyl/N-ethyl adjacent to an activating group) is 1. The average Bonchev–Trinajstić information content (AvgIpc) is 2.69. The van der Waals surface area contributed by atoms with Crippen LogP contribution < -0.4 is 10.6 Å². The fourth-order valence-electron chi connectivity index (χ4n) is 3.92. The number of aromatic nitrogens is 1. The van der Waals surface area contributed by atoms with Crippen molar-refractivity contribution >= 4 is 0 Å². The first-order valence-corrected chi connectivity index (χ1v) is 10.0. The number of fused-ring (bicyclic) bond motifs is 1. The Morgan fingerprint density at radius 1 is 1.18 bits per heavy atom. The van der Waals surface area contributed by atoms with E-state index in [1.54, 1.807) is 7.05 Å². The van der Waals surface area contributed by atoms with Crippen molar-refractivity contribution < 1.29 is 13.9 Å². The molecule has 1 aliphatic carbocycles. The maximum absolute atomic E-state index is 13.4. The van der Waals surface area contributed by atoms with Crippen LogP contribution in [0.3, 0.4) is 0 Å². The second kappa shape index (κ2) is 9.54. The van der Waals surface area contributed by atoms with Gasteiger partial charge in [0.2, 0.25) is 0 Å². The van der Waals surface area contributed by atoms with Gasteiger partial charge in [-0.05, 0) is 68.0 Å². The monoisotopic (exact) mass is 389 g/mol. The molecule has 1 heterocycles. The predicted octanol–water partition coefficient (Wildman–Crippen LogP) is 3.08. The Kier molecular flexibility index (Phi) is 7.10. The zero-order chi connectivity index (χ0) is 20.1. The number of nitrogens with one attached hydrogen (secondary N) is 2. The minimum absolute atomic E-state index is 0.168. The number of nitrogens with zero attached hydrogens (tertiary/aromatic N) is 1. The molecule has 152 valence electrons. The van der Waals surface area contributed by atoms with Crippen molar-refractivity contribution in [3.05, 3.63) is 64.5 Å². The zero-order valence-corrected chi connectivity index (χ0v) is 16.5. The van der Waals surface area contributed by atoms with Crippen molar-refractivity contribution in [1.29, 1.82) is 0 Å². The van der Waals surface area contributed by atoms with Crippen LogP contribution in [-0.4, -0.2) is 35.8 Å². The maximum atomic E-state index is 13.4. The highest BCUT2D eigenvalue weighted by atomic mass is 19.1. The second-order valence-corrected chi connectivity index (χ2v) is 7.53. The summed E-state index contributed by atoms with van der Waals surface area (Å²) in [5.41, 5.74) is 4.10. The Morgan fingerprint density at radius 3 is 2.61 bits per heavy atom. The number of hydrogen-bond acceptors (Lipinski definition) is 4. The summed E-state index contributed by atoms with van der Waals surface area (Å²) in [5, 5.41) is 17.2. The molecule has 1 unspecified atom stereocenters. The maximum Gasteiger partial charge on any atom is 0.126 e. The van der Waals surface area contributed by atoms with Gasteiger partial charge in [-0.3, -0.25) is 4.98 Å². The van der Waals surface area contributed by atoms with Crippen molar-refractivity contribution in [3.8, 4) is 0 Å². The van der Waals surface area contributed by atoms with Crippen molar-refractivity contribution in [3.63, 3.8) is 0 Å². The summed E-state index contributed by atoms with van der Waals surface area (Å²) in [7, 11) is 1.75. The van der Waals surface area contributed by atoms with E-state index in [2.05, 4.69) is 28.6 Å². The summed E-state index contributed by atoms with van der Waals surface area (Å²) in [5.74, 6) is -1.20. The normalized spacial score (nSPS) is 18.5. The molecule has 2 aromatic rings. The lowest BCUT2D eigenvalue weighted by molar-refractivity contribution is 0.124. The lowest BCUT2D eigenvalue weighted by Crippen LogP contribution is -2.46. The molecule has 3 N–H and O–H groups in total. The summed E-state index contributed by atoms with van der Waals surface area (Å²) in [6, 6.07) is 5.55. The van der Waals surface area contributed by atoms with E-state index >= 15 is 0 Å². The summed E-state index contributed by atoms with van der Waals surface area (Å²) in [6.07, 6.45) is 5.61. The number of halogens is 2. The van der Waals surface area contributed by atoms with Crippen LogP contribution in [0.1, 0.15) is 48.2 Å². The van der Waals surface area contributed by atoms with Crippen LogP contribution in [0.5, 0.6) is 0 Å². The molecule has 1 aromatic heterocycles. The van der Waals surface area contributed by atoms with Gasteiger partial charge >= 0.3 is 0 Å². The standard InChI is InChI=1S/C22H29F2N3O/c1-3-14-9-18-19(26-12-14)5-4-6-20(18)27-13-22(28)21(25-2)10-15-7-16(23)11-17(24)8-15/h7-9,11-12,20-22,25,27-28H,3-6,10,13H2,1-2H3/t20?,21-,22+/m0/s1. The lowest BCUT2D eigenvalue weighted by atomic mass is 9.89. The van der Waals surface area contributed by atoms with E-state index in [4.69, 9.17) is 0 Å². The largest absolute Gasteiger partial charge is 0.390 e. The third kappa shape index (κ3) is 5.13. The van der Waals surface area contributed by atoms with E-state index in [0.29, 0.717) is 18.5 Å². The molecule has 0 amide bonds. The SMILES string of the molecule is CCc1cnc2c(c1)C(NC[C@@H](O)[C@H](Cc1cc(F)cc(F)c1)NC)CCC2. The first-order valence-electron chi connectivity index (χ1n) is 10.0. The van der Waals surface area contributed by atoms with Gasteiger partial charge < -0.3 is 15.7 Å². The lowest BCUT2D eigenvalue weighted by Gasteiger charge is -2.29. The van der Waals surface area contributed by atoms with Crippen molar-refractivity contribution in [2.75, 3.05) is 13.6 Å². The Morgan fingerprint density at radius 2 is 1.93 bits per heavy atom. The molecule has 1 aromatic carbocycles. The van der Waals surface area contributed by atoms with Crippen LogP contribution in [0.15, 0.2) is 30.5 Å². The van der Waals surface area contributed by atoms with Crippen LogP contribution >= 0.6 is 0 Å². The zero-order valence-electron chi connectivity index (χ0n) is 16.5. The fraction of sp³-hybridized carbons (Fsp3) is 0.500. The number of pyridine rings is 1. The highest BCUT2D eigenvalue weighted by Crippen LogP contribution is 2.29. The van der Waals surface area contributed by atoms with Crippen molar-refractivity contribution in [2.45, 2.75) is 57.2 Å². The Bertz CT molecular complexity index is 779. The Hall–Kier alpha value is -1.89. The molecule has 0 saturated carbocycles. The molecule has 4 nitrogen and oxygen atoms in total. The fourth-order valence-corrected chi connectivity index (χ4v) is 3.92. The van der Waals surface area contributed by atoms with Gasteiger partial charge in [0.15, 0.2) is 0 Å². The van der Waals surface area contributed by atoms with Gasteiger partial charge in [0.25, 0.3) is 0 Å². The minimum Gasteiger partial charge on any atom is -0.390 e. The smallest absolute Gasteiger partial charge is 0.126 e. The molecular formula is C22H29F2N3O. The van der Waals surface area contributed by atoms with Crippen LogP contribution in [0.25, 0.3) is 0 Å². The third-order valence-electron chi connectivity index (χ3n) is 5.54. The van der Waals surface area contributed by atoms with Crippen LogP contribution in [0, 0.1) is 11.6 Å². The second-order valence-electron chi connectivity index (χ2n) is 7.53. The molecule has 0 aliphatic heterocycles. The summed E-state index contributed by atoms with van der Waals surface area (Å²) in [4.78, 5) is 4.61. The molecule has 6 heteroatoms. The number of rotatable bonds is 8. The molecule has 0 bridgehead atoms. The van der Waals surface area contributed by atoms with E-state index in [9.17, 15) is 13.9 Å². The Balaban J connectivity index is 1.63. The van der Waals surface area contributed by atoms with E-state index in [1.807, 2.05) is 6.20 Å². The van der Waals surface area contributed by atoms with E-state index < -0.39 is 17.7 Å². The average molecular weight is 389 g/mol. The van der Waals surface area contributed by atoms with Gasteiger partial charge in [-0.1, -0.05) is 13.0 Å². The van der Waals surface area contributed by atoms with Crippen LogP contribution in [-0.2, 0) is 19.3 Å². The quantitative estimate of drug-likeness (QED) is 0.650. The molecule has 1 aliphatic rings. The highest BCUT2D eigenvalue weighted by Gasteiger charge is 2.24. The molecule has 0 fully saturated rings. The number of hydrogen-bond donors (Lipinski definition) is 3. The summed E-state index contributed by atoms with van der Waals surface area (Å²) in [6.45, 7) is 2.51. The number of benzene rings is 1. The topological polar surface area (TPSA) is 57.2 Å². The van der Waals surface area contributed by atoms with Gasteiger partial charge in [-0.2, -0.15) is 0 Å². The molecule has 0 radical (unpaired) electrons. The summed E-state index contributed by atoms with van der Waals surface area (Å²) >= 11 is 0. The first-order chi connectivity index (χ1) is 13.5. The highest BCUT2D eigenvalue weighted by molar-refractivity contribution is 5.30. The van der Waals surface area contributed by atoms with Crippen LogP contribution in [0.2, 0.25) is 0 Å². The number of aliphatic hydroxyl groups excluding tert-OH is 1. The first kappa shape index (κ1) is 20.8. The molecule has 3 rings (SSSR count). The van der Waals surface area contributed by atoms with Gasteiger partial charge in [0.1, 0.15) is 11.6 Å². The molecule has 0 saturated heterocycles. The molecule has 0 spiro atoms. The van der Waals surface area contributed by atoms with E-state index in [-0.39, 0.29) is 12.1 Å². The van der Waals surface area contributed by atoms with E-state index in [0.717, 1.165) is 37.4 Å². The molecular weight excluding hydrogens is 360 g/mol. The number of aryl methyl sites for hydroxylation is 2. The third-order valence-corrected chi connectivity index (χ3v) is 5.54. The predicted molar refractivity (Wildman–Crippen MR) is 106 cm³/mol. The van der Waals surface area contributed by atoms with Gasteiger partial charge in [-0.15, -0.1) is 0 Å². The summed E-state index contributed by atoms with van der Waals surface area (Å²) < 4.78 is 26.9. The Labute approximate surface area is 165 Å². The van der Waals surface area contributed by atoms with Crippen molar-refractivity contribution in [2.24, 2.45) is 0 Å². The van der Waals surface area contributed by atoms with Gasteiger partial charge in [-0.25, -0.2) is 8.78 Å². The van der Waals surface area contributed by atoms with Gasteiger partial charge in [0.05, 0.1) is 6.10 Å². The van der Waals surface area contributed by atoms with Gasteiger partial charge in [0, 0.05) is 36.6 Å². The van der Waals surface area contributed by atoms with Crippen LogP contribution in [0.4, 0.5) is 8.78 Å². The molecule has 28 heavy (non-hydrogen) atoms. The number of aliphatic hydroxyl groups is 1. The minimum atomic E-state index is -0.691. The van der Waals surface area contributed by atoms with Crippen molar-refractivity contribution in [1.82, 2.24) is 15.6 Å².